The van der Waals surface area contributed by atoms with Gasteiger partial charge in [0.1, 0.15) is 0 Å². The van der Waals surface area contributed by atoms with Crippen molar-refractivity contribution in [2.45, 2.75) is 5.41 Å². The lowest BCUT2D eigenvalue weighted by Gasteiger charge is -2.34. The Hall–Kier alpha value is -8.59. The van der Waals surface area contributed by atoms with Crippen LogP contribution < -0.4 is 0 Å². The molecule has 0 spiro atoms. The second kappa shape index (κ2) is 15.8. The highest BCUT2D eigenvalue weighted by Crippen LogP contribution is 2.57. The van der Waals surface area contributed by atoms with Crippen LogP contribution in [0.4, 0.5) is 0 Å². The van der Waals surface area contributed by atoms with Gasteiger partial charge in [0.2, 0.25) is 0 Å². The van der Waals surface area contributed by atoms with Gasteiger partial charge in [0.15, 0.2) is 17.5 Å². The van der Waals surface area contributed by atoms with Gasteiger partial charge in [0.05, 0.1) is 22.7 Å². The van der Waals surface area contributed by atoms with E-state index in [-0.39, 0.29) is 0 Å². The summed E-state index contributed by atoms with van der Waals surface area (Å²) < 4.78 is 0. The topological polar surface area (TPSA) is 75.3 Å². The molecule has 10 aromatic rings. The molecular weight excluding hydrogens is 767 g/mol. The van der Waals surface area contributed by atoms with Gasteiger partial charge in [-0.1, -0.05) is 176 Å². The minimum absolute atomic E-state index is 0.562. The third-order valence-electron chi connectivity index (χ3n) is 12.1. The Kier molecular flexibility index (Phi) is 9.37. The summed E-state index contributed by atoms with van der Waals surface area (Å²) in [5.74, 6) is 1.76. The summed E-state index contributed by atoms with van der Waals surface area (Å²) in [5, 5.41) is 10.2. The van der Waals surface area contributed by atoms with E-state index in [1.165, 1.54) is 0 Å². The number of pyridine rings is 1. The van der Waals surface area contributed by atoms with Crippen LogP contribution >= 0.6 is 0 Å². The summed E-state index contributed by atoms with van der Waals surface area (Å²) in [7, 11) is 0. The van der Waals surface area contributed by atoms with Gasteiger partial charge in [0.25, 0.3) is 0 Å². The number of nitriles is 1. The molecule has 8 aromatic carbocycles. The first kappa shape index (κ1) is 37.4. The number of benzene rings is 8. The molecule has 1 aliphatic carbocycles. The quantitative estimate of drug-likeness (QED) is 0.153. The minimum Gasteiger partial charge on any atom is -0.256 e. The summed E-state index contributed by atoms with van der Waals surface area (Å²) in [6, 6.07) is 77.9. The van der Waals surface area contributed by atoms with E-state index in [1.54, 1.807) is 0 Å². The number of hydrogen-bond donors (Lipinski definition) is 0. The summed E-state index contributed by atoms with van der Waals surface area (Å²) in [5.41, 5.74) is 15.3. The molecule has 0 atom stereocenters. The molecule has 294 valence electrons. The van der Waals surface area contributed by atoms with Gasteiger partial charge in [-0.2, -0.15) is 5.26 Å². The number of hydrogen-bond acceptors (Lipinski definition) is 5. The zero-order chi connectivity index (χ0) is 42.2. The maximum Gasteiger partial charge on any atom is 0.164 e. The van der Waals surface area contributed by atoms with Gasteiger partial charge in [-0.15, -0.1) is 0 Å². The Balaban J connectivity index is 1.15. The average Bonchev–Trinajstić information content (AvgIpc) is 3.67. The van der Waals surface area contributed by atoms with E-state index in [2.05, 4.69) is 140 Å². The van der Waals surface area contributed by atoms with E-state index in [0.717, 1.165) is 83.6 Å². The third kappa shape index (κ3) is 6.68. The minimum atomic E-state index is -0.686. The van der Waals surface area contributed by atoms with Crippen LogP contribution in [0.5, 0.6) is 0 Å². The van der Waals surface area contributed by atoms with E-state index in [0.29, 0.717) is 23.0 Å². The highest BCUT2D eigenvalue weighted by atomic mass is 15.0. The van der Waals surface area contributed by atoms with Crippen LogP contribution in [0.3, 0.4) is 0 Å². The highest BCUT2D eigenvalue weighted by Gasteiger charge is 2.46. The molecule has 5 heteroatoms. The maximum atomic E-state index is 10.2. The van der Waals surface area contributed by atoms with Crippen molar-refractivity contribution in [3.8, 4) is 84.9 Å². The predicted molar refractivity (Wildman–Crippen MR) is 252 cm³/mol. The van der Waals surface area contributed by atoms with E-state index in [1.807, 2.05) is 91.1 Å². The Morgan fingerprint density at radius 3 is 1.35 bits per heavy atom. The molecule has 2 heterocycles. The van der Waals surface area contributed by atoms with Crippen LogP contribution in [0.15, 0.2) is 225 Å². The van der Waals surface area contributed by atoms with Crippen LogP contribution in [0.2, 0.25) is 0 Å². The lowest BCUT2D eigenvalue weighted by molar-refractivity contribution is 0.768. The summed E-state index contributed by atoms with van der Waals surface area (Å²) in [6.45, 7) is 0. The van der Waals surface area contributed by atoms with E-state index >= 15 is 0 Å². The van der Waals surface area contributed by atoms with Gasteiger partial charge >= 0.3 is 0 Å². The lowest BCUT2D eigenvalue weighted by atomic mass is 9.67. The molecular formula is C58H37N5. The van der Waals surface area contributed by atoms with Gasteiger partial charge in [-0.3, -0.25) is 4.98 Å². The molecule has 5 nitrogen and oxygen atoms in total. The third-order valence-corrected chi connectivity index (χ3v) is 12.1. The number of fused-ring (bicyclic) bond motifs is 3. The maximum absolute atomic E-state index is 10.2. The fourth-order valence-electron chi connectivity index (χ4n) is 9.11. The molecule has 0 radical (unpaired) electrons. The highest BCUT2D eigenvalue weighted by molar-refractivity contribution is 5.90. The second-order valence-corrected chi connectivity index (χ2v) is 15.8. The van der Waals surface area contributed by atoms with Crippen molar-refractivity contribution in [2.24, 2.45) is 0 Å². The Morgan fingerprint density at radius 2 is 0.810 bits per heavy atom. The molecule has 0 fully saturated rings. The van der Waals surface area contributed by atoms with Crippen molar-refractivity contribution >= 4 is 0 Å². The van der Waals surface area contributed by atoms with Gasteiger partial charge in [-0.05, 0) is 92.5 Å². The van der Waals surface area contributed by atoms with Crippen molar-refractivity contribution in [1.82, 2.24) is 19.9 Å². The molecule has 0 bridgehead atoms. The first-order valence-electron chi connectivity index (χ1n) is 21.0. The first-order chi connectivity index (χ1) is 31.2. The molecule has 0 saturated heterocycles. The standard InChI is InChI=1S/C58H37N5/c59-37-39-26-29-50-51-30-27-43(36-53(51)58(52(50)32-39,48-22-12-4-13-23-48)49-24-14-5-15-25-49)45-33-46(54-31-28-44(38-60-54)40-16-6-1-7-17-40)35-47(34-45)57-62-55(41-18-8-2-9-19-41)61-56(63-57)42-20-10-3-11-21-42/h1-36,38H. The molecule has 11 rings (SSSR count). The van der Waals surface area contributed by atoms with Crippen molar-refractivity contribution in [1.29, 1.82) is 5.26 Å². The lowest BCUT2D eigenvalue weighted by Crippen LogP contribution is -2.28. The van der Waals surface area contributed by atoms with Crippen LogP contribution in [-0.4, -0.2) is 19.9 Å². The molecule has 0 saturated carbocycles. The molecule has 0 unspecified atom stereocenters. The molecule has 1 aliphatic rings. The van der Waals surface area contributed by atoms with Gasteiger partial charge in [0, 0.05) is 34.0 Å². The summed E-state index contributed by atoms with van der Waals surface area (Å²) in [4.78, 5) is 20.4. The fraction of sp³-hybridized carbons (Fsp3) is 0.0172. The van der Waals surface area contributed by atoms with E-state index < -0.39 is 5.41 Å². The Morgan fingerprint density at radius 1 is 0.349 bits per heavy atom. The molecule has 0 amide bonds. The van der Waals surface area contributed by atoms with Crippen molar-refractivity contribution in [2.75, 3.05) is 0 Å². The van der Waals surface area contributed by atoms with Crippen molar-refractivity contribution in [3.05, 3.63) is 252 Å². The molecule has 63 heavy (non-hydrogen) atoms. The number of aromatic nitrogens is 4. The molecule has 2 aromatic heterocycles. The zero-order valence-corrected chi connectivity index (χ0v) is 34.1. The fourth-order valence-corrected chi connectivity index (χ4v) is 9.11. The van der Waals surface area contributed by atoms with Crippen molar-refractivity contribution < 1.29 is 0 Å². The van der Waals surface area contributed by atoms with Crippen molar-refractivity contribution in [3.63, 3.8) is 0 Å². The van der Waals surface area contributed by atoms with E-state index in [9.17, 15) is 5.26 Å². The monoisotopic (exact) mass is 803 g/mol. The largest absolute Gasteiger partial charge is 0.256 e. The normalized spacial score (nSPS) is 12.2. The Labute approximate surface area is 366 Å². The zero-order valence-electron chi connectivity index (χ0n) is 34.1. The van der Waals surface area contributed by atoms with Crippen LogP contribution in [0, 0.1) is 11.3 Å². The summed E-state index contributed by atoms with van der Waals surface area (Å²) >= 11 is 0. The van der Waals surface area contributed by atoms with Gasteiger partial charge < -0.3 is 0 Å². The summed E-state index contributed by atoms with van der Waals surface area (Å²) in [6.07, 6.45) is 1.94. The first-order valence-corrected chi connectivity index (χ1v) is 21.0. The molecule has 0 aliphatic heterocycles. The molecule has 0 N–H and O–H groups in total. The van der Waals surface area contributed by atoms with Crippen LogP contribution in [0.25, 0.3) is 78.8 Å². The van der Waals surface area contributed by atoms with Crippen LogP contribution in [0.1, 0.15) is 27.8 Å². The second-order valence-electron chi connectivity index (χ2n) is 15.8. The Bertz CT molecular complexity index is 3210. The SMILES string of the molecule is N#Cc1ccc2c(c1)C(c1ccccc1)(c1ccccc1)c1cc(-c3cc(-c4ccc(-c5ccccc5)cn4)cc(-c4nc(-c5ccccc5)nc(-c5ccccc5)n4)c3)ccc1-2. The number of rotatable bonds is 8. The predicted octanol–water partition coefficient (Wildman–Crippen LogP) is 13.5. The average molecular weight is 804 g/mol. The van der Waals surface area contributed by atoms with E-state index in [4.69, 9.17) is 19.9 Å². The van der Waals surface area contributed by atoms with Crippen LogP contribution in [-0.2, 0) is 5.41 Å². The van der Waals surface area contributed by atoms with Gasteiger partial charge in [-0.25, -0.2) is 15.0 Å². The smallest absolute Gasteiger partial charge is 0.164 e. The number of nitrogens with zero attached hydrogens (tertiary/aromatic N) is 5.